The number of carbonyl (C=O) groups excluding carboxylic acids is 1. The Kier molecular flexibility index (Phi) is 4.45. The summed E-state index contributed by atoms with van der Waals surface area (Å²) in [4.78, 5) is 12.3. The number of hydrogen-bond donors (Lipinski definition) is 2. The predicted octanol–water partition coefficient (Wildman–Crippen LogP) is 3.83. The molecule has 0 spiro atoms. The molecule has 2 aromatic carbocycles. The molecule has 3 N–H and O–H groups in total. The van der Waals surface area contributed by atoms with Crippen molar-refractivity contribution >= 4 is 27.5 Å². The number of nitrogens with two attached hydrogens (primary N) is 1. The summed E-state index contributed by atoms with van der Waals surface area (Å²) in [5.41, 5.74) is 9.10. The second kappa shape index (κ2) is 6.09. The van der Waals surface area contributed by atoms with Gasteiger partial charge in [-0.25, -0.2) is 0 Å². The molecule has 20 heavy (non-hydrogen) atoms. The molecule has 0 saturated heterocycles. The smallest absolute Gasteiger partial charge is 0.253 e. The Labute approximate surface area is 127 Å². The first-order valence-electron chi connectivity index (χ1n) is 6.40. The van der Waals surface area contributed by atoms with Crippen molar-refractivity contribution in [3.63, 3.8) is 0 Å². The number of hydrogen-bond acceptors (Lipinski definition) is 2. The fraction of sp³-hybridized carbons (Fsp3) is 0.188. The van der Waals surface area contributed by atoms with Crippen LogP contribution < -0.4 is 11.1 Å². The van der Waals surface area contributed by atoms with E-state index in [-0.39, 0.29) is 11.9 Å². The number of amides is 1. The van der Waals surface area contributed by atoms with Gasteiger partial charge in [-0.3, -0.25) is 4.79 Å². The van der Waals surface area contributed by atoms with E-state index in [0.29, 0.717) is 11.3 Å². The molecular weight excluding hydrogens is 316 g/mol. The summed E-state index contributed by atoms with van der Waals surface area (Å²) in [6, 6.07) is 13.2. The summed E-state index contributed by atoms with van der Waals surface area (Å²) in [6.07, 6.45) is 0. The van der Waals surface area contributed by atoms with Gasteiger partial charge >= 0.3 is 0 Å². The first-order chi connectivity index (χ1) is 9.49. The topological polar surface area (TPSA) is 55.1 Å². The largest absolute Gasteiger partial charge is 0.398 e. The van der Waals surface area contributed by atoms with Crippen LogP contribution >= 0.6 is 15.9 Å². The van der Waals surface area contributed by atoms with Crippen molar-refractivity contribution in [3.8, 4) is 0 Å². The summed E-state index contributed by atoms with van der Waals surface area (Å²) in [7, 11) is 0. The summed E-state index contributed by atoms with van der Waals surface area (Å²) < 4.78 is 0.860. The van der Waals surface area contributed by atoms with E-state index in [0.717, 1.165) is 15.6 Å². The SMILES string of the molecule is Cc1ccccc1[C@H](C)NC(=O)c1ccc(Br)cc1N. The Morgan fingerprint density at radius 2 is 1.95 bits per heavy atom. The Morgan fingerprint density at radius 1 is 1.25 bits per heavy atom. The highest BCUT2D eigenvalue weighted by atomic mass is 79.9. The van der Waals surface area contributed by atoms with Crippen LogP contribution in [-0.2, 0) is 0 Å². The Hall–Kier alpha value is -1.81. The van der Waals surface area contributed by atoms with Crippen molar-refractivity contribution in [2.45, 2.75) is 19.9 Å². The van der Waals surface area contributed by atoms with Crippen LogP contribution in [0.3, 0.4) is 0 Å². The Morgan fingerprint density at radius 3 is 2.60 bits per heavy atom. The molecule has 0 fully saturated rings. The van der Waals surface area contributed by atoms with Crippen LogP contribution in [-0.4, -0.2) is 5.91 Å². The van der Waals surface area contributed by atoms with Crippen LogP contribution in [0.15, 0.2) is 46.9 Å². The monoisotopic (exact) mass is 332 g/mol. The van der Waals surface area contributed by atoms with Crippen molar-refractivity contribution in [2.75, 3.05) is 5.73 Å². The van der Waals surface area contributed by atoms with Crippen molar-refractivity contribution in [1.29, 1.82) is 0 Å². The molecular formula is C16H17BrN2O. The first kappa shape index (κ1) is 14.6. The molecule has 0 radical (unpaired) electrons. The molecule has 2 aromatic rings. The summed E-state index contributed by atoms with van der Waals surface area (Å²) in [5.74, 6) is -0.161. The zero-order valence-corrected chi connectivity index (χ0v) is 13.1. The predicted molar refractivity (Wildman–Crippen MR) is 85.6 cm³/mol. The van der Waals surface area contributed by atoms with Gasteiger partial charge in [-0.05, 0) is 43.2 Å². The molecule has 0 saturated carbocycles. The molecule has 3 nitrogen and oxygen atoms in total. The number of nitrogen functional groups attached to an aromatic ring is 1. The number of carbonyl (C=O) groups is 1. The summed E-state index contributed by atoms with van der Waals surface area (Å²) >= 11 is 3.33. The number of benzene rings is 2. The van der Waals surface area contributed by atoms with Crippen molar-refractivity contribution in [1.82, 2.24) is 5.32 Å². The third kappa shape index (κ3) is 3.20. The van der Waals surface area contributed by atoms with Gasteiger partial charge in [0.1, 0.15) is 0 Å². The average molecular weight is 333 g/mol. The van der Waals surface area contributed by atoms with Crippen LogP contribution in [0.4, 0.5) is 5.69 Å². The van der Waals surface area contributed by atoms with Crippen LogP contribution in [0, 0.1) is 6.92 Å². The van der Waals surface area contributed by atoms with Gasteiger partial charge in [0.15, 0.2) is 0 Å². The van der Waals surface area contributed by atoms with Gasteiger partial charge in [0.2, 0.25) is 0 Å². The highest BCUT2D eigenvalue weighted by molar-refractivity contribution is 9.10. The number of aryl methyl sites for hydroxylation is 1. The molecule has 0 aliphatic rings. The lowest BCUT2D eigenvalue weighted by Gasteiger charge is -2.17. The number of anilines is 1. The minimum absolute atomic E-state index is 0.0632. The third-order valence-corrected chi connectivity index (χ3v) is 3.75. The Bertz CT molecular complexity index is 640. The van der Waals surface area contributed by atoms with Crippen LogP contribution in [0.25, 0.3) is 0 Å². The van der Waals surface area contributed by atoms with Gasteiger partial charge in [-0.15, -0.1) is 0 Å². The van der Waals surface area contributed by atoms with Crippen molar-refractivity contribution in [3.05, 3.63) is 63.6 Å². The zero-order valence-electron chi connectivity index (χ0n) is 11.5. The van der Waals surface area contributed by atoms with E-state index < -0.39 is 0 Å². The molecule has 2 rings (SSSR count). The van der Waals surface area contributed by atoms with Crippen LogP contribution in [0.1, 0.15) is 34.5 Å². The Balaban J connectivity index is 2.17. The summed E-state index contributed by atoms with van der Waals surface area (Å²) in [6.45, 7) is 4.00. The van der Waals surface area contributed by atoms with Crippen LogP contribution in [0.2, 0.25) is 0 Å². The molecule has 1 amide bonds. The molecule has 0 bridgehead atoms. The second-order valence-corrected chi connectivity index (χ2v) is 5.70. The molecule has 0 aliphatic carbocycles. The van der Waals surface area contributed by atoms with Crippen molar-refractivity contribution in [2.24, 2.45) is 0 Å². The van der Waals surface area contributed by atoms with E-state index in [1.165, 1.54) is 0 Å². The van der Waals surface area contributed by atoms with E-state index >= 15 is 0 Å². The highest BCUT2D eigenvalue weighted by Crippen LogP contribution is 2.21. The van der Waals surface area contributed by atoms with E-state index in [1.807, 2.05) is 44.2 Å². The maximum atomic E-state index is 12.3. The standard InChI is InChI=1S/C16H17BrN2O/c1-10-5-3-4-6-13(10)11(2)19-16(20)14-8-7-12(17)9-15(14)18/h3-9,11H,18H2,1-2H3,(H,19,20)/t11-/m0/s1. The molecule has 0 unspecified atom stereocenters. The maximum absolute atomic E-state index is 12.3. The van der Waals surface area contributed by atoms with Gasteiger partial charge in [-0.1, -0.05) is 40.2 Å². The molecule has 4 heteroatoms. The maximum Gasteiger partial charge on any atom is 0.253 e. The fourth-order valence-electron chi connectivity index (χ4n) is 2.17. The van der Waals surface area contributed by atoms with Gasteiger partial charge in [0.05, 0.1) is 11.6 Å². The van der Waals surface area contributed by atoms with Gasteiger partial charge in [-0.2, -0.15) is 0 Å². The second-order valence-electron chi connectivity index (χ2n) is 4.78. The zero-order chi connectivity index (χ0) is 14.7. The molecule has 0 aliphatic heterocycles. The number of rotatable bonds is 3. The van der Waals surface area contributed by atoms with E-state index in [4.69, 9.17) is 5.73 Å². The molecule has 1 atom stereocenters. The lowest BCUT2D eigenvalue weighted by molar-refractivity contribution is 0.0940. The molecule has 0 aromatic heterocycles. The highest BCUT2D eigenvalue weighted by Gasteiger charge is 2.14. The van der Waals surface area contributed by atoms with E-state index in [2.05, 4.69) is 21.2 Å². The van der Waals surface area contributed by atoms with Crippen molar-refractivity contribution < 1.29 is 4.79 Å². The van der Waals surface area contributed by atoms with Gasteiger partial charge in [0.25, 0.3) is 5.91 Å². The van der Waals surface area contributed by atoms with E-state index in [1.54, 1.807) is 12.1 Å². The minimum atomic E-state index is -0.161. The third-order valence-electron chi connectivity index (χ3n) is 3.26. The lowest BCUT2D eigenvalue weighted by atomic mass is 10.0. The van der Waals surface area contributed by atoms with Crippen LogP contribution in [0.5, 0.6) is 0 Å². The van der Waals surface area contributed by atoms with E-state index in [9.17, 15) is 4.79 Å². The fourth-order valence-corrected chi connectivity index (χ4v) is 2.54. The number of halogens is 1. The summed E-state index contributed by atoms with van der Waals surface area (Å²) in [5, 5.41) is 2.98. The first-order valence-corrected chi connectivity index (χ1v) is 7.19. The average Bonchev–Trinajstić information content (AvgIpc) is 2.38. The van der Waals surface area contributed by atoms with Gasteiger partial charge < -0.3 is 11.1 Å². The lowest BCUT2D eigenvalue weighted by Crippen LogP contribution is -2.27. The quantitative estimate of drug-likeness (QED) is 0.839. The normalized spacial score (nSPS) is 11.9. The van der Waals surface area contributed by atoms with Gasteiger partial charge in [0, 0.05) is 10.2 Å². The molecule has 104 valence electrons. The molecule has 0 heterocycles. The number of nitrogens with one attached hydrogen (secondary N) is 1. The minimum Gasteiger partial charge on any atom is -0.398 e.